The topological polar surface area (TPSA) is 73.9 Å². The van der Waals surface area contributed by atoms with Crippen LogP contribution in [0, 0.1) is 0 Å². The second-order valence-corrected chi connectivity index (χ2v) is 10.4. The molecule has 164 valence electrons. The second-order valence-electron chi connectivity index (χ2n) is 7.41. The lowest BCUT2D eigenvalue weighted by atomic mass is 9.91. The SMILES string of the molecule is COCCCc1ccc(C2Oc3cccc(OC)c3-c3ccc(NS(C)(=O)=O)cc32)s1. The summed E-state index contributed by atoms with van der Waals surface area (Å²) in [6, 6.07) is 15.5. The van der Waals surface area contributed by atoms with E-state index < -0.39 is 10.0 Å². The van der Waals surface area contributed by atoms with Crippen LogP contribution in [0.2, 0.25) is 0 Å². The van der Waals surface area contributed by atoms with Crippen molar-refractivity contribution in [1.29, 1.82) is 0 Å². The Morgan fingerprint density at radius 3 is 2.71 bits per heavy atom. The molecule has 0 spiro atoms. The Hall–Kier alpha value is -2.55. The normalized spacial score (nSPS) is 15.0. The van der Waals surface area contributed by atoms with Crippen molar-refractivity contribution in [2.24, 2.45) is 0 Å². The molecule has 1 aromatic heterocycles. The summed E-state index contributed by atoms with van der Waals surface area (Å²) in [6.07, 6.45) is 2.71. The number of anilines is 1. The zero-order chi connectivity index (χ0) is 22.0. The molecule has 1 aliphatic heterocycles. The fourth-order valence-electron chi connectivity index (χ4n) is 3.79. The minimum absolute atomic E-state index is 0.336. The van der Waals surface area contributed by atoms with E-state index in [0.717, 1.165) is 53.0 Å². The zero-order valence-electron chi connectivity index (χ0n) is 17.7. The van der Waals surface area contributed by atoms with Crippen molar-refractivity contribution in [3.8, 4) is 22.6 Å². The Balaban J connectivity index is 1.78. The first kappa shape index (κ1) is 21.7. The first-order valence-electron chi connectivity index (χ1n) is 9.93. The van der Waals surface area contributed by atoms with E-state index in [4.69, 9.17) is 14.2 Å². The standard InChI is InChI=1S/C23H25NO5S2/c1-27-13-5-6-16-10-12-21(30-16)23-18-14-15(24-31(3,25)26)9-11-17(18)22-19(28-2)7-4-8-20(22)29-23/h4,7-12,14,23-24H,5-6,13H2,1-3H3. The number of aryl methyl sites for hydroxylation is 1. The van der Waals surface area contributed by atoms with Gasteiger partial charge >= 0.3 is 0 Å². The third-order valence-electron chi connectivity index (χ3n) is 5.07. The Morgan fingerprint density at radius 1 is 1.13 bits per heavy atom. The minimum atomic E-state index is -3.39. The van der Waals surface area contributed by atoms with Gasteiger partial charge in [0.1, 0.15) is 11.5 Å². The van der Waals surface area contributed by atoms with E-state index in [1.807, 2.05) is 30.3 Å². The molecule has 4 rings (SSSR count). The summed E-state index contributed by atoms with van der Waals surface area (Å²) in [6.45, 7) is 0.726. The molecule has 3 aromatic rings. The molecule has 0 amide bonds. The molecule has 0 saturated carbocycles. The van der Waals surface area contributed by atoms with Gasteiger partial charge in [-0.05, 0) is 54.8 Å². The average molecular weight is 460 g/mol. The van der Waals surface area contributed by atoms with Crippen LogP contribution in [0.3, 0.4) is 0 Å². The predicted molar refractivity (Wildman–Crippen MR) is 124 cm³/mol. The highest BCUT2D eigenvalue weighted by Crippen LogP contribution is 2.50. The molecule has 0 fully saturated rings. The smallest absolute Gasteiger partial charge is 0.229 e. The molecule has 0 saturated heterocycles. The van der Waals surface area contributed by atoms with E-state index in [9.17, 15) is 8.42 Å². The van der Waals surface area contributed by atoms with Crippen molar-refractivity contribution in [3.63, 3.8) is 0 Å². The minimum Gasteiger partial charge on any atom is -0.496 e. The number of fused-ring (bicyclic) bond motifs is 3. The number of benzene rings is 2. The molecule has 1 atom stereocenters. The van der Waals surface area contributed by atoms with E-state index in [-0.39, 0.29) is 6.10 Å². The monoisotopic (exact) mass is 459 g/mol. The number of ether oxygens (including phenoxy) is 3. The van der Waals surface area contributed by atoms with Crippen LogP contribution in [0.4, 0.5) is 5.69 Å². The van der Waals surface area contributed by atoms with Crippen LogP contribution in [0.15, 0.2) is 48.5 Å². The summed E-state index contributed by atoms with van der Waals surface area (Å²) in [5, 5.41) is 0. The van der Waals surface area contributed by atoms with Gasteiger partial charge in [0.2, 0.25) is 10.0 Å². The first-order valence-corrected chi connectivity index (χ1v) is 12.6. The number of methoxy groups -OCH3 is 2. The van der Waals surface area contributed by atoms with Gasteiger partial charge in [0, 0.05) is 34.7 Å². The van der Waals surface area contributed by atoms with Gasteiger partial charge in [-0.3, -0.25) is 4.72 Å². The molecule has 1 N–H and O–H groups in total. The lowest BCUT2D eigenvalue weighted by Gasteiger charge is -2.29. The van der Waals surface area contributed by atoms with E-state index in [1.54, 1.807) is 31.6 Å². The molecule has 6 nitrogen and oxygen atoms in total. The fraction of sp³-hybridized carbons (Fsp3) is 0.304. The van der Waals surface area contributed by atoms with E-state index in [2.05, 4.69) is 16.9 Å². The van der Waals surface area contributed by atoms with Crippen molar-refractivity contribution in [2.75, 3.05) is 31.8 Å². The summed E-state index contributed by atoms with van der Waals surface area (Å²) < 4.78 is 43.3. The third kappa shape index (κ3) is 4.71. The Bertz CT molecular complexity index is 1190. The molecule has 0 radical (unpaired) electrons. The molecule has 1 unspecified atom stereocenters. The number of nitrogens with one attached hydrogen (secondary N) is 1. The summed E-state index contributed by atoms with van der Waals surface area (Å²) >= 11 is 1.71. The maximum absolute atomic E-state index is 11.8. The third-order valence-corrected chi connectivity index (χ3v) is 6.87. The highest BCUT2D eigenvalue weighted by molar-refractivity contribution is 7.92. The molecule has 0 bridgehead atoms. The van der Waals surface area contributed by atoms with Gasteiger partial charge in [-0.2, -0.15) is 0 Å². The lowest BCUT2D eigenvalue weighted by Crippen LogP contribution is -2.16. The molecular formula is C23H25NO5S2. The van der Waals surface area contributed by atoms with Crippen LogP contribution in [-0.4, -0.2) is 35.5 Å². The maximum Gasteiger partial charge on any atom is 0.229 e. The average Bonchev–Trinajstić information content (AvgIpc) is 3.20. The lowest BCUT2D eigenvalue weighted by molar-refractivity contribution is 0.195. The molecule has 0 aliphatic carbocycles. The molecule has 2 heterocycles. The van der Waals surface area contributed by atoms with E-state index >= 15 is 0 Å². The number of hydrogen-bond acceptors (Lipinski definition) is 6. The summed E-state index contributed by atoms with van der Waals surface area (Å²) in [5.41, 5.74) is 3.25. The van der Waals surface area contributed by atoms with Crippen molar-refractivity contribution >= 4 is 27.0 Å². The quantitative estimate of drug-likeness (QED) is 0.487. The Morgan fingerprint density at radius 2 is 1.97 bits per heavy atom. The van der Waals surface area contributed by atoms with Crippen molar-refractivity contribution in [3.05, 3.63) is 63.8 Å². The summed E-state index contributed by atoms with van der Waals surface area (Å²) in [7, 11) is -0.0523. The molecule has 8 heteroatoms. The van der Waals surface area contributed by atoms with Gasteiger partial charge in [-0.15, -0.1) is 11.3 Å². The summed E-state index contributed by atoms with van der Waals surface area (Å²) in [5.74, 6) is 1.46. The van der Waals surface area contributed by atoms with Crippen molar-refractivity contribution < 1.29 is 22.6 Å². The van der Waals surface area contributed by atoms with E-state index in [1.165, 1.54) is 4.88 Å². The van der Waals surface area contributed by atoms with Crippen molar-refractivity contribution in [2.45, 2.75) is 18.9 Å². The number of hydrogen-bond donors (Lipinski definition) is 1. The second kappa shape index (κ2) is 8.90. The van der Waals surface area contributed by atoms with Crippen LogP contribution in [-0.2, 0) is 21.2 Å². The van der Waals surface area contributed by atoms with Crippen LogP contribution in [0.1, 0.15) is 27.8 Å². The van der Waals surface area contributed by atoms with Gasteiger partial charge in [-0.1, -0.05) is 12.1 Å². The van der Waals surface area contributed by atoms with Gasteiger partial charge in [0.15, 0.2) is 6.10 Å². The van der Waals surface area contributed by atoms with Crippen LogP contribution < -0.4 is 14.2 Å². The molecule has 1 aliphatic rings. The molecular weight excluding hydrogens is 434 g/mol. The zero-order valence-corrected chi connectivity index (χ0v) is 19.3. The van der Waals surface area contributed by atoms with Crippen LogP contribution in [0.25, 0.3) is 11.1 Å². The summed E-state index contributed by atoms with van der Waals surface area (Å²) in [4.78, 5) is 2.33. The van der Waals surface area contributed by atoms with Crippen LogP contribution >= 0.6 is 11.3 Å². The highest BCUT2D eigenvalue weighted by atomic mass is 32.2. The predicted octanol–water partition coefficient (Wildman–Crippen LogP) is 4.86. The highest BCUT2D eigenvalue weighted by Gasteiger charge is 2.31. The van der Waals surface area contributed by atoms with Gasteiger partial charge in [0.25, 0.3) is 0 Å². The molecule has 2 aromatic carbocycles. The number of rotatable bonds is 8. The fourth-order valence-corrected chi connectivity index (χ4v) is 5.45. The van der Waals surface area contributed by atoms with Gasteiger partial charge in [-0.25, -0.2) is 8.42 Å². The Labute approximate surface area is 186 Å². The van der Waals surface area contributed by atoms with Gasteiger partial charge < -0.3 is 14.2 Å². The number of sulfonamides is 1. The first-order chi connectivity index (χ1) is 14.9. The number of thiophene rings is 1. The van der Waals surface area contributed by atoms with Gasteiger partial charge in [0.05, 0.1) is 18.9 Å². The Kier molecular flexibility index (Phi) is 6.22. The maximum atomic E-state index is 11.8. The largest absolute Gasteiger partial charge is 0.496 e. The van der Waals surface area contributed by atoms with Crippen LogP contribution in [0.5, 0.6) is 11.5 Å². The molecule has 31 heavy (non-hydrogen) atoms. The van der Waals surface area contributed by atoms with E-state index in [0.29, 0.717) is 11.4 Å². The van der Waals surface area contributed by atoms with Crippen molar-refractivity contribution in [1.82, 2.24) is 0 Å².